The van der Waals surface area contributed by atoms with Crippen LogP contribution in [0.1, 0.15) is 45.4 Å². The molecule has 1 heterocycles. The molecule has 3 rings (SSSR count). The summed E-state index contributed by atoms with van der Waals surface area (Å²) < 4.78 is 0. The summed E-state index contributed by atoms with van der Waals surface area (Å²) in [5.74, 6) is 2.28. The largest absolute Gasteiger partial charge is 0.341 e. The molecule has 17 heavy (non-hydrogen) atoms. The number of nitrogens with one attached hydrogen (secondary N) is 1. The van der Waals surface area contributed by atoms with Crippen molar-refractivity contribution in [3.05, 3.63) is 0 Å². The number of nitrogens with zero attached hydrogens (tertiary/aromatic N) is 1. The molecule has 2 bridgehead atoms. The zero-order chi connectivity index (χ0) is 11.8. The molecule has 2 saturated carbocycles. The first kappa shape index (κ1) is 11.5. The summed E-state index contributed by atoms with van der Waals surface area (Å²) >= 11 is 0. The molecule has 0 spiro atoms. The van der Waals surface area contributed by atoms with Gasteiger partial charge in [-0.05, 0) is 44.4 Å². The van der Waals surface area contributed by atoms with Crippen LogP contribution in [0, 0.1) is 11.8 Å². The van der Waals surface area contributed by atoms with Crippen LogP contribution in [0.4, 0.5) is 0 Å². The summed E-state index contributed by atoms with van der Waals surface area (Å²) in [6.45, 7) is 4.12. The van der Waals surface area contributed by atoms with Gasteiger partial charge in [0.05, 0.1) is 0 Å². The Labute approximate surface area is 104 Å². The lowest BCUT2D eigenvalue weighted by Crippen LogP contribution is -2.46. The third-order valence-electron chi connectivity index (χ3n) is 4.90. The smallest absolute Gasteiger partial charge is 0.222 e. The first-order chi connectivity index (χ1) is 8.22. The van der Waals surface area contributed by atoms with Gasteiger partial charge in [-0.2, -0.15) is 0 Å². The fourth-order valence-corrected chi connectivity index (χ4v) is 4.09. The Kier molecular flexibility index (Phi) is 3.12. The number of carbonyl (C=O) groups excluding carboxylic acids is 1. The van der Waals surface area contributed by atoms with Gasteiger partial charge in [-0.15, -0.1) is 0 Å². The van der Waals surface area contributed by atoms with E-state index in [1.807, 2.05) is 4.90 Å². The van der Waals surface area contributed by atoms with Gasteiger partial charge in [0.15, 0.2) is 0 Å². The maximum Gasteiger partial charge on any atom is 0.222 e. The lowest BCUT2D eigenvalue weighted by molar-refractivity contribution is -0.128. The van der Waals surface area contributed by atoms with E-state index in [0.717, 1.165) is 43.8 Å². The second-order valence-electron chi connectivity index (χ2n) is 6.29. The summed E-state index contributed by atoms with van der Waals surface area (Å²) in [6, 6.07) is 1.20. The third kappa shape index (κ3) is 2.35. The van der Waals surface area contributed by atoms with Crippen LogP contribution in [-0.4, -0.2) is 36.0 Å². The average molecular weight is 236 g/mol. The van der Waals surface area contributed by atoms with Crippen LogP contribution in [-0.2, 0) is 4.79 Å². The Hall–Kier alpha value is -0.570. The van der Waals surface area contributed by atoms with Crippen LogP contribution >= 0.6 is 0 Å². The topological polar surface area (TPSA) is 32.3 Å². The van der Waals surface area contributed by atoms with Gasteiger partial charge in [-0.25, -0.2) is 0 Å². The number of hydrogen-bond acceptors (Lipinski definition) is 2. The van der Waals surface area contributed by atoms with Crippen LogP contribution < -0.4 is 5.32 Å². The maximum atomic E-state index is 11.6. The first-order valence-corrected chi connectivity index (χ1v) is 7.26. The van der Waals surface area contributed by atoms with E-state index in [1.165, 1.54) is 25.7 Å². The zero-order valence-electron chi connectivity index (χ0n) is 10.8. The number of hydrogen-bond donors (Lipinski definition) is 1. The van der Waals surface area contributed by atoms with Crippen LogP contribution in [0.2, 0.25) is 0 Å². The molecule has 4 atom stereocenters. The Morgan fingerprint density at radius 3 is 2.88 bits per heavy atom. The molecule has 2 aliphatic carbocycles. The van der Waals surface area contributed by atoms with E-state index in [1.54, 1.807) is 0 Å². The lowest BCUT2D eigenvalue weighted by atomic mass is 9.95. The Morgan fingerprint density at radius 1 is 1.41 bits per heavy atom. The molecule has 0 aromatic rings. The van der Waals surface area contributed by atoms with Gasteiger partial charge >= 0.3 is 0 Å². The molecule has 1 amide bonds. The van der Waals surface area contributed by atoms with E-state index in [0.29, 0.717) is 11.9 Å². The highest BCUT2D eigenvalue weighted by atomic mass is 16.2. The maximum absolute atomic E-state index is 11.6. The van der Waals surface area contributed by atoms with Crippen LogP contribution in [0.3, 0.4) is 0 Å². The van der Waals surface area contributed by atoms with Crippen molar-refractivity contribution >= 4 is 5.91 Å². The predicted octanol–water partition coefficient (Wildman–Crippen LogP) is 1.78. The average Bonchev–Trinajstić information content (AvgIpc) is 2.96. The summed E-state index contributed by atoms with van der Waals surface area (Å²) in [6.07, 6.45) is 7.54. The highest BCUT2D eigenvalue weighted by molar-refractivity contribution is 5.78. The van der Waals surface area contributed by atoms with Crippen molar-refractivity contribution in [3.63, 3.8) is 0 Å². The molecular weight excluding hydrogens is 212 g/mol. The van der Waals surface area contributed by atoms with Gasteiger partial charge in [0.25, 0.3) is 0 Å². The van der Waals surface area contributed by atoms with Gasteiger partial charge in [0.1, 0.15) is 0 Å². The molecular formula is C14H24N2O. The van der Waals surface area contributed by atoms with E-state index in [2.05, 4.69) is 12.2 Å². The second-order valence-corrected chi connectivity index (χ2v) is 6.29. The minimum absolute atomic E-state index is 0.353. The molecule has 3 heteroatoms. The monoisotopic (exact) mass is 236 g/mol. The molecule has 0 aromatic carbocycles. The summed E-state index contributed by atoms with van der Waals surface area (Å²) in [7, 11) is 0. The molecule has 3 nitrogen and oxygen atoms in total. The van der Waals surface area contributed by atoms with Gasteiger partial charge in [0.2, 0.25) is 5.91 Å². The number of rotatable bonds is 4. The quantitative estimate of drug-likeness (QED) is 0.807. The van der Waals surface area contributed by atoms with Crippen molar-refractivity contribution in [1.29, 1.82) is 0 Å². The molecule has 3 aliphatic rings. The minimum atomic E-state index is 0.353. The fraction of sp³-hybridized carbons (Fsp3) is 0.929. The third-order valence-corrected chi connectivity index (χ3v) is 4.90. The molecule has 0 radical (unpaired) electrons. The van der Waals surface area contributed by atoms with E-state index < -0.39 is 0 Å². The number of carbonyl (C=O) groups is 1. The molecule has 96 valence electrons. The Morgan fingerprint density at radius 2 is 2.29 bits per heavy atom. The van der Waals surface area contributed by atoms with E-state index in [4.69, 9.17) is 0 Å². The molecule has 1 aliphatic heterocycles. The summed E-state index contributed by atoms with van der Waals surface area (Å²) in [4.78, 5) is 13.6. The summed E-state index contributed by atoms with van der Waals surface area (Å²) in [5.41, 5.74) is 0. The van der Waals surface area contributed by atoms with Crippen molar-refractivity contribution in [2.75, 3.05) is 13.1 Å². The number of likely N-dealkylation sites (tertiary alicyclic amines) is 1. The SMILES string of the molecule is CC(CN1CCCC1=O)NC1CC2CCC1C2. The van der Waals surface area contributed by atoms with Crippen LogP contribution in [0.15, 0.2) is 0 Å². The number of fused-ring (bicyclic) bond motifs is 2. The van der Waals surface area contributed by atoms with Crippen LogP contribution in [0.5, 0.6) is 0 Å². The van der Waals surface area contributed by atoms with E-state index >= 15 is 0 Å². The summed E-state index contributed by atoms with van der Waals surface area (Å²) in [5, 5.41) is 3.76. The normalized spacial score (nSPS) is 38.1. The molecule has 0 aromatic heterocycles. The van der Waals surface area contributed by atoms with Gasteiger partial charge in [0, 0.05) is 31.6 Å². The lowest BCUT2D eigenvalue weighted by Gasteiger charge is -2.29. The van der Waals surface area contributed by atoms with Gasteiger partial charge < -0.3 is 10.2 Å². The van der Waals surface area contributed by atoms with Crippen molar-refractivity contribution in [3.8, 4) is 0 Å². The first-order valence-electron chi connectivity index (χ1n) is 7.26. The highest BCUT2D eigenvalue weighted by Crippen LogP contribution is 2.44. The zero-order valence-corrected chi connectivity index (χ0v) is 10.8. The Bertz CT molecular complexity index is 305. The predicted molar refractivity (Wildman–Crippen MR) is 67.6 cm³/mol. The Balaban J connectivity index is 1.47. The second kappa shape index (κ2) is 4.60. The van der Waals surface area contributed by atoms with E-state index in [9.17, 15) is 4.79 Å². The standard InChI is InChI=1S/C14H24N2O/c1-10(9-16-6-2-3-14(16)17)15-13-8-11-4-5-12(13)7-11/h10-13,15H,2-9H2,1H3. The molecule has 3 fully saturated rings. The fourth-order valence-electron chi connectivity index (χ4n) is 4.09. The molecule has 1 N–H and O–H groups in total. The highest BCUT2D eigenvalue weighted by Gasteiger charge is 2.39. The van der Waals surface area contributed by atoms with Gasteiger partial charge in [-0.3, -0.25) is 4.79 Å². The number of amides is 1. The van der Waals surface area contributed by atoms with Crippen molar-refractivity contribution in [1.82, 2.24) is 10.2 Å². The van der Waals surface area contributed by atoms with Crippen molar-refractivity contribution < 1.29 is 4.79 Å². The van der Waals surface area contributed by atoms with Crippen molar-refractivity contribution in [2.45, 2.75) is 57.5 Å². The van der Waals surface area contributed by atoms with Crippen molar-refractivity contribution in [2.24, 2.45) is 11.8 Å². The van der Waals surface area contributed by atoms with Crippen LogP contribution in [0.25, 0.3) is 0 Å². The molecule has 1 saturated heterocycles. The minimum Gasteiger partial charge on any atom is -0.341 e. The molecule has 4 unspecified atom stereocenters. The van der Waals surface area contributed by atoms with Gasteiger partial charge in [-0.1, -0.05) is 6.42 Å². The van der Waals surface area contributed by atoms with E-state index in [-0.39, 0.29) is 0 Å².